The van der Waals surface area contributed by atoms with Gasteiger partial charge in [0, 0.05) is 5.56 Å². The highest BCUT2D eigenvalue weighted by atomic mass is 16.5. The van der Waals surface area contributed by atoms with E-state index in [0.29, 0.717) is 39.8 Å². The van der Waals surface area contributed by atoms with Gasteiger partial charge in [-0.3, -0.25) is 4.57 Å². The topological polar surface area (TPSA) is 93.4 Å². The minimum Gasteiger partial charge on any atom is -0.497 e. The average Bonchev–Trinajstić information content (AvgIpc) is 3.31. The first-order valence-corrected chi connectivity index (χ1v) is 8.70. The second-order valence-electron chi connectivity index (χ2n) is 6.01. The summed E-state index contributed by atoms with van der Waals surface area (Å²) in [4.78, 5) is 9.51. The molecule has 4 aromatic rings. The Labute approximate surface area is 166 Å². The van der Waals surface area contributed by atoms with Crippen LogP contribution in [0.3, 0.4) is 0 Å². The lowest BCUT2D eigenvalue weighted by molar-refractivity contribution is 0.327. The fraction of sp³-hybridized carbons (Fsp3) is 0.200. The number of rotatable bonds is 6. The van der Waals surface area contributed by atoms with Crippen LogP contribution in [-0.2, 0) is 0 Å². The summed E-state index contributed by atoms with van der Waals surface area (Å²) in [6, 6.07) is 9.30. The van der Waals surface area contributed by atoms with Crippen molar-refractivity contribution in [2.24, 2.45) is 0 Å². The van der Waals surface area contributed by atoms with Gasteiger partial charge in [0.05, 0.1) is 33.8 Å². The van der Waals surface area contributed by atoms with Crippen molar-refractivity contribution in [2.45, 2.75) is 0 Å². The number of methoxy groups -OCH3 is 4. The minimum absolute atomic E-state index is 0.452. The van der Waals surface area contributed by atoms with Crippen LogP contribution in [0.2, 0.25) is 0 Å². The number of benzene rings is 2. The quantitative estimate of drug-likeness (QED) is 0.494. The number of hydrogen-bond donors (Lipinski definition) is 0. The van der Waals surface area contributed by atoms with Crippen molar-refractivity contribution in [1.82, 2.24) is 24.7 Å². The van der Waals surface area contributed by atoms with E-state index in [1.165, 1.54) is 0 Å². The number of fused-ring (bicyclic) bond motifs is 1. The van der Waals surface area contributed by atoms with Crippen molar-refractivity contribution in [3.63, 3.8) is 0 Å². The van der Waals surface area contributed by atoms with Crippen LogP contribution in [0, 0.1) is 0 Å². The molecule has 0 bridgehead atoms. The van der Waals surface area contributed by atoms with Crippen molar-refractivity contribution in [2.75, 3.05) is 28.4 Å². The molecule has 0 aliphatic carbocycles. The summed E-state index contributed by atoms with van der Waals surface area (Å²) in [5, 5.41) is 8.50. The molecule has 4 rings (SSSR count). The van der Waals surface area contributed by atoms with Gasteiger partial charge < -0.3 is 18.9 Å². The maximum atomic E-state index is 5.64. The Hall–Kier alpha value is -3.88. The van der Waals surface area contributed by atoms with E-state index >= 15 is 0 Å². The summed E-state index contributed by atoms with van der Waals surface area (Å²) in [5.41, 5.74) is 1.40. The Kier molecular flexibility index (Phi) is 4.86. The molecule has 0 unspecified atom stereocenters. The van der Waals surface area contributed by atoms with Crippen molar-refractivity contribution < 1.29 is 18.9 Å². The second kappa shape index (κ2) is 7.63. The number of hydrogen-bond acceptors (Lipinski definition) is 8. The molecule has 148 valence electrons. The molecule has 9 heteroatoms. The molecule has 2 aromatic carbocycles. The van der Waals surface area contributed by atoms with Gasteiger partial charge in [0.25, 0.3) is 0 Å². The number of aromatic nitrogens is 5. The zero-order valence-corrected chi connectivity index (χ0v) is 16.4. The van der Waals surface area contributed by atoms with E-state index in [1.54, 1.807) is 45.7 Å². The summed E-state index contributed by atoms with van der Waals surface area (Å²) in [6.45, 7) is 0. The van der Waals surface area contributed by atoms with Gasteiger partial charge in [-0.2, -0.15) is 0 Å². The van der Waals surface area contributed by atoms with E-state index in [9.17, 15) is 0 Å². The number of ether oxygens (including phenoxy) is 4. The predicted octanol–water partition coefficient (Wildman–Crippen LogP) is 2.91. The standard InChI is InChI=1S/C20H19N5O4/c1-26-13-7-5-12(6-8-13)19-23-16-14(20(24-19)25-10-21-22-11-25)9-15(27-2)17(28-3)18(16)29-4/h5-11H,1-4H3. The summed E-state index contributed by atoms with van der Waals surface area (Å²) in [6.07, 6.45) is 3.14. The van der Waals surface area contributed by atoms with E-state index in [0.717, 1.165) is 11.3 Å². The van der Waals surface area contributed by atoms with Crippen LogP contribution in [-0.4, -0.2) is 53.2 Å². The minimum atomic E-state index is 0.452. The van der Waals surface area contributed by atoms with Crippen LogP contribution >= 0.6 is 0 Å². The van der Waals surface area contributed by atoms with E-state index in [1.807, 2.05) is 30.3 Å². The zero-order valence-electron chi connectivity index (χ0n) is 16.4. The summed E-state index contributed by atoms with van der Waals surface area (Å²) in [5.74, 6) is 3.26. The molecule has 9 nitrogen and oxygen atoms in total. The molecule has 2 aromatic heterocycles. The lowest BCUT2D eigenvalue weighted by atomic mass is 10.1. The Morgan fingerprint density at radius 3 is 2.03 bits per heavy atom. The lowest BCUT2D eigenvalue weighted by Crippen LogP contribution is -2.04. The Morgan fingerprint density at radius 2 is 1.45 bits per heavy atom. The van der Waals surface area contributed by atoms with E-state index in [-0.39, 0.29) is 0 Å². The van der Waals surface area contributed by atoms with Crippen molar-refractivity contribution in [3.8, 4) is 40.2 Å². The van der Waals surface area contributed by atoms with Crippen molar-refractivity contribution in [1.29, 1.82) is 0 Å². The highest BCUT2D eigenvalue weighted by molar-refractivity contribution is 5.95. The monoisotopic (exact) mass is 393 g/mol. The third-order valence-corrected chi connectivity index (χ3v) is 4.49. The van der Waals surface area contributed by atoms with Gasteiger partial charge in [-0.05, 0) is 30.3 Å². The fourth-order valence-corrected chi connectivity index (χ4v) is 3.09. The molecule has 0 atom stereocenters. The van der Waals surface area contributed by atoms with E-state index in [4.69, 9.17) is 28.9 Å². The van der Waals surface area contributed by atoms with Gasteiger partial charge in [0.1, 0.15) is 23.9 Å². The van der Waals surface area contributed by atoms with E-state index in [2.05, 4.69) is 10.2 Å². The molecule has 0 saturated heterocycles. The van der Waals surface area contributed by atoms with E-state index < -0.39 is 0 Å². The maximum Gasteiger partial charge on any atom is 0.205 e. The smallest absolute Gasteiger partial charge is 0.205 e. The third-order valence-electron chi connectivity index (χ3n) is 4.49. The molecule has 0 amide bonds. The molecule has 0 aliphatic rings. The third kappa shape index (κ3) is 3.16. The van der Waals surface area contributed by atoms with Gasteiger partial charge in [-0.25, -0.2) is 9.97 Å². The zero-order chi connectivity index (χ0) is 20.4. The molecule has 0 aliphatic heterocycles. The molecule has 29 heavy (non-hydrogen) atoms. The highest BCUT2D eigenvalue weighted by Gasteiger charge is 2.22. The van der Waals surface area contributed by atoms with Crippen LogP contribution < -0.4 is 18.9 Å². The van der Waals surface area contributed by atoms with Gasteiger partial charge >= 0.3 is 0 Å². The molecule has 2 heterocycles. The normalized spacial score (nSPS) is 10.8. The number of nitrogens with zero attached hydrogens (tertiary/aromatic N) is 5. The predicted molar refractivity (Wildman–Crippen MR) is 106 cm³/mol. The first kappa shape index (κ1) is 18.5. The van der Waals surface area contributed by atoms with Gasteiger partial charge in [-0.1, -0.05) is 0 Å². The van der Waals surface area contributed by atoms with Crippen LogP contribution in [0.4, 0.5) is 0 Å². The Bertz CT molecular complexity index is 1140. The SMILES string of the molecule is COc1ccc(-c2nc(-n3cnnc3)c3cc(OC)c(OC)c(OC)c3n2)cc1. The molecule has 0 radical (unpaired) electrons. The van der Waals surface area contributed by atoms with Gasteiger partial charge in [0.15, 0.2) is 23.1 Å². The summed E-state index contributed by atoms with van der Waals surface area (Å²) >= 11 is 0. The average molecular weight is 393 g/mol. The van der Waals surface area contributed by atoms with Crippen molar-refractivity contribution in [3.05, 3.63) is 43.0 Å². The van der Waals surface area contributed by atoms with Crippen LogP contribution in [0.25, 0.3) is 28.1 Å². The Morgan fingerprint density at radius 1 is 0.759 bits per heavy atom. The van der Waals surface area contributed by atoms with Gasteiger partial charge in [0.2, 0.25) is 5.75 Å². The largest absolute Gasteiger partial charge is 0.497 e. The molecule has 0 N–H and O–H groups in total. The Balaban J connectivity index is 2.06. The molecule has 0 saturated carbocycles. The molecule has 0 spiro atoms. The second-order valence-corrected chi connectivity index (χ2v) is 6.01. The maximum absolute atomic E-state index is 5.64. The summed E-state index contributed by atoms with van der Waals surface area (Å²) < 4.78 is 23.6. The van der Waals surface area contributed by atoms with Crippen LogP contribution in [0.5, 0.6) is 23.0 Å². The molecular weight excluding hydrogens is 374 g/mol. The lowest BCUT2D eigenvalue weighted by Gasteiger charge is -2.16. The summed E-state index contributed by atoms with van der Waals surface area (Å²) in [7, 11) is 6.30. The molecule has 0 fully saturated rings. The highest BCUT2D eigenvalue weighted by Crippen LogP contribution is 2.44. The fourth-order valence-electron chi connectivity index (χ4n) is 3.09. The van der Waals surface area contributed by atoms with Crippen LogP contribution in [0.1, 0.15) is 0 Å². The van der Waals surface area contributed by atoms with Crippen molar-refractivity contribution >= 4 is 10.9 Å². The van der Waals surface area contributed by atoms with Gasteiger partial charge in [-0.15, -0.1) is 10.2 Å². The first-order valence-electron chi connectivity index (χ1n) is 8.70. The first-order chi connectivity index (χ1) is 14.2. The molecular formula is C20H19N5O4. The van der Waals surface area contributed by atoms with Crippen LogP contribution in [0.15, 0.2) is 43.0 Å².